The molecule has 7 heteroatoms. The Hall–Kier alpha value is -1.66. The Bertz CT molecular complexity index is 513. The van der Waals surface area contributed by atoms with E-state index < -0.39 is 17.8 Å². The zero-order valence-electron chi connectivity index (χ0n) is 11.3. The third-order valence-corrected chi connectivity index (χ3v) is 3.44. The van der Waals surface area contributed by atoms with Gasteiger partial charge < -0.3 is 15.4 Å². The van der Waals surface area contributed by atoms with Crippen LogP contribution in [0.5, 0.6) is 0 Å². The molecule has 1 aromatic carbocycles. The van der Waals surface area contributed by atoms with Gasteiger partial charge in [0, 0.05) is 19.7 Å². The first-order valence-electron chi connectivity index (χ1n) is 6.71. The normalized spacial score (nSPS) is 17.5. The van der Waals surface area contributed by atoms with Crippen LogP contribution in [0, 0.1) is 5.82 Å². The highest BCUT2D eigenvalue weighted by Gasteiger charge is 2.23. The topological polar surface area (TPSA) is 67.4 Å². The number of halogens is 2. The third kappa shape index (κ3) is 4.15. The Kier molecular flexibility index (Phi) is 5.52. The SMILES string of the molecule is O=C(NCCNC(=O)C1CCCO1)c1c(F)cccc1Cl. The average Bonchev–Trinajstić information content (AvgIpc) is 2.97. The number of amides is 2. The average molecular weight is 315 g/mol. The summed E-state index contributed by atoms with van der Waals surface area (Å²) in [5, 5.41) is 5.21. The molecular formula is C14H16ClFN2O3. The van der Waals surface area contributed by atoms with E-state index in [2.05, 4.69) is 10.6 Å². The molecule has 0 spiro atoms. The molecule has 2 amide bonds. The number of ether oxygens (including phenoxy) is 1. The highest BCUT2D eigenvalue weighted by Crippen LogP contribution is 2.18. The van der Waals surface area contributed by atoms with Crippen LogP contribution in [-0.4, -0.2) is 37.6 Å². The van der Waals surface area contributed by atoms with Crippen LogP contribution < -0.4 is 10.6 Å². The Labute approximate surface area is 126 Å². The quantitative estimate of drug-likeness (QED) is 0.810. The van der Waals surface area contributed by atoms with Gasteiger partial charge in [-0.1, -0.05) is 17.7 Å². The lowest BCUT2D eigenvalue weighted by atomic mass is 10.2. The predicted molar refractivity (Wildman–Crippen MR) is 75.7 cm³/mol. The number of hydrogen-bond donors (Lipinski definition) is 2. The number of hydrogen-bond acceptors (Lipinski definition) is 3. The summed E-state index contributed by atoms with van der Waals surface area (Å²) in [7, 11) is 0. The molecule has 2 N–H and O–H groups in total. The molecule has 0 bridgehead atoms. The van der Waals surface area contributed by atoms with E-state index in [9.17, 15) is 14.0 Å². The van der Waals surface area contributed by atoms with Crippen LogP contribution >= 0.6 is 11.6 Å². The maximum absolute atomic E-state index is 13.5. The zero-order chi connectivity index (χ0) is 15.2. The van der Waals surface area contributed by atoms with Crippen molar-refractivity contribution in [2.24, 2.45) is 0 Å². The summed E-state index contributed by atoms with van der Waals surface area (Å²) in [6.45, 7) is 1.03. The lowest BCUT2D eigenvalue weighted by Gasteiger charge is -2.11. The first-order valence-corrected chi connectivity index (χ1v) is 7.09. The molecule has 1 unspecified atom stereocenters. The Balaban J connectivity index is 1.75. The Morgan fingerprint density at radius 2 is 2.10 bits per heavy atom. The Morgan fingerprint density at radius 1 is 1.33 bits per heavy atom. The monoisotopic (exact) mass is 314 g/mol. The molecule has 1 atom stereocenters. The van der Waals surface area contributed by atoms with Gasteiger partial charge in [0.2, 0.25) is 5.91 Å². The van der Waals surface area contributed by atoms with Gasteiger partial charge in [0.1, 0.15) is 11.9 Å². The van der Waals surface area contributed by atoms with Gasteiger partial charge in [0.15, 0.2) is 0 Å². The molecule has 0 aliphatic carbocycles. The van der Waals surface area contributed by atoms with Gasteiger partial charge in [0.05, 0.1) is 10.6 Å². The van der Waals surface area contributed by atoms with Crippen molar-refractivity contribution < 1.29 is 18.7 Å². The number of nitrogens with one attached hydrogen (secondary N) is 2. The van der Waals surface area contributed by atoms with Crippen molar-refractivity contribution in [3.63, 3.8) is 0 Å². The van der Waals surface area contributed by atoms with Crippen LogP contribution in [0.15, 0.2) is 18.2 Å². The standard InChI is InChI=1S/C14H16ClFN2O3/c15-9-3-1-4-10(16)12(9)14(20)18-7-6-17-13(19)11-5-2-8-21-11/h1,3-4,11H,2,5-8H2,(H,17,19)(H,18,20). The molecule has 1 aromatic rings. The molecule has 21 heavy (non-hydrogen) atoms. The smallest absolute Gasteiger partial charge is 0.255 e. The van der Waals surface area contributed by atoms with Crippen LogP contribution in [0.1, 0.15) is 23.2 Å². The first kappa shape index (κ1) is 15.7. The van der Waals surface area contributed by atoms with Crippen LogP contribution in [0.2, 0.25) is 5.02 Å². The zero-order valence-corrected chi connectivity index (χ0v) is 12.1. The summed E-state index contributed by atoms with van der Waals surface area (Å²) in [6.07, 6.45) is 1.19. The van der Waals surface area contributed by atoms with E-state index in [0.29, 0.717) is 13.0 Å². The number of carbonyl (C=O) groups is 2. The van der Waals surface area contributed by atoms with Crippen LogP contribution in [0.25, 0.3) is 0 Å². The molecule has 1 saturated heterocycles. The summed E-state index contributed by atoms with van der Waals surface area (Å²) in [5.74, 6) is -1.47. The van der Waals surface area contributed by atoms with E-state index in [4.69, 9.17) is 16.3 Å². The van der Waals surface area contributed by atoms with E-state index in [1.807, 2.05) is 0 Å². The maximum atomic E-state index is 13.5. The fourth-order valence-electron chi connectivity index (χ4n) is 2.06. The minimum Gasteiger partial charge on any atom is -0.368 e. The minimum absolute atomic E-state index is 0.0518. The molecule has 1 aliphatic rings. The Morgan fingerprint density at radius 3 is 2.76 bits per heavy atom. The number of rotatable bonds is 5. The van der Waals surface area contributed by atoms with Crippen LogP contribution in [-0.2, 0) is 9.53 Å². The minimum atomic E-state index is -0.677. The van der Waals surface area contributed by atoms with Gasteiger partial charge in [-0.25, -0.2) is 4.39 Å². The molecule has 0 saturated carbocycles. The lowest BCUT2D eigenvalue weighted by molar-refractivity contribution is -0.129. The molecule has 1 aliphatic heterocycles. The molecule has 114 valence electrons. The van der Waals surface area contributed by atoms with Crippen molar-refractivity contribution in [3.05, 3.63) is 34.6 Å². The van der Waals surface area contributed by atoms with Crippen molar-refractivity contribution in [3.8, 4) is 0 Å². The second-order valence-electron chi connectivity index (χ2n) is 4.65. The fourth-order valence-corrected chi connectivity index (χ4v) is 2.31. The number of carbonyl (C=O) groups excluding carboxylic acids is 2. The maximum Gasteiger partial charge on any atom is 0.255 e. The van der Waals surface area contributed by atoms with E-state index in [0.717, 1.165) is 6.42 Å². The van der Waals surface area contributed by atoms with Gasteiger partial charge in [-0.05, 0) is 25.0 Å². The summed E-state index contributed by atoms with van der Waals surface area (Å²) in [4.78, 5) is 23.5. The predicted octanol–water partition coefficient (Wildman–Crippen LogP) is 1.50. The summed E-state index contributed by atoms with van der Waals surface area (Å²) < 4.78 is 18.7. The van der Waals surface area contributed by atoms with E-state index in [-0.39, 0.29) is 29.6 Å². The first-order chi connectivity index (χ1) is 10.1. The molecule has 5 nitrogen and oxygen atoms in total. The third-order valence-electron chi connectivity index (χ3n) is 3.12. The van der Waals surface area contributed by atoms with Crippen molar-refractivity contribution in [1.29, 1.82) is 0 Å². The summed E-state index contributed by atoms with van der Waals surface area (Å²) in [5.41, 5.74) is -0.190. The van der Waals surface area contributed by atoms with Crippen LogP contribution in [0.3, 0.4) is 0 Å². The van der Waals surface area contributed by atoms with Gasteiger partial charge in [-0.3, -0.25) is 9.59 Å². The summed E-state index contributed by atoms with van der Waals surface area (Å²) in [6, 6.07) is 4.04. The molecular weight excluding hydrogens is 299 g/mol. The molecule has 2 rings (SSSR count). The van der Waals surface area contributed by atoms with Crippen molar-refractivity contribution >= 4 is 23.4 Å². The van der Waals surface area contributed by atoms with Crippen molar-refractivity contribution in [2.75, 3.05) is 19.7 Å². The highest BCUT2D eigenvalue weighted by atomic mass is 35.5. The van der Waals surface area contributed by atoms with Gasteiger partial charge >= 0.3 is 0 Å². The second-order valence-corrected chi connectivity index (χ2v) is 5.05. The van der Waals surface area contributed by atoms with Gasteiger partial charge in [-0.2, -0.15) is 0 Å². The van der Waals surface area contributed by atoms with Crippen molar-refractivity contribution in [2.45, 2.75) is 18.9 Å². The molecule has 0 aromatic heterocycles. The van der Waals surface area contributed by atoms with Crippen LogP contribution in [0.4, 0.5) is 4.39 Å². The van der Waals surface area contributed by atoms with Gasteiger partial charge in [0.25, 0.3) is 5.91 Å². The fraction of sp³-hybridized carbons (Fsp3) is 0.429. The summed E-state index contributed by atoms with van der Waals surface area (Å²) >= 11 is 5.79. The number of benzene rings is 1. The van der Waals surface area contributed by atoms with E-state index in [1.165, 1.54) is 18.2 Å². The lowest BCUT2D eigenvalue weighted by Crippen LogP contribution is -2.39. The largest absolute Gasteiger partial charge is 0.368 e. The van der Waals surface area contributed by atoms with E-state index >= 15 is 0 Å². The van der Waals surface area contributed by atoms with E-state index in [1.54, 1.807) is 0 Å². The second kappa shape index (κ2) is 7.38. The molecule has 1 heterocycles. The van der Waals surface area contributed by atoms with Gasteiger partial charge in [-0.15, -0.1) is 0 Å². The van der Waals surface area contributed by atoms with Crippen molar-refractivity contribution in [1.82, 2.24) is 10.6 Å². The highest BCUT2D eigenvalue weighted by molar-refractivity contribution is 6.33. The molecule has 1 fully saturated rings. The molecule has 0 radical (unpaired) electrons.